The van der Waals surface area contributed by atoms with Crippen LogP contribution in [0, 0.1) is 6.92 Å². The van der Waals surface area contributed by atoms with E-state index in [1.807, 2.05) is 12.3 Å². The highest BCUT2D eigenvalue weighted by atomic mass is 127. The molecule has 0 amide bonds. The summed E-state index contributed by atoms with van der Waals surface area (Å²) in [4.78, 5) is 8.95. The van der Waals surface area contributed by atoms with Gasteiger partial charge in [0.05, 0.1) is 12.2 Å². The molecule has 1 rings (SSSR count). The van der Waals surface area contributed by atoms with Gasteiger partial charge in [0.2, 0.25) is 0 Å². The van der Waals surface area contributed by atoms with Crippen LogP contribution in [-0.4, -0.2) is 37.2 Å². The molecule has 0 fully saturated rings. The normalized spacial score (nSPS) is 11.0. The second-order valence-corrected chi connectivity index (χ2v) is 5.21. The van der Waals surface area contributed by atoms with E-state index in [1.54, 1.807) is 0 Å². The van der Waals surface area contributed by atoms with Crippen molar-refractivity contribution in [1.29, 1.82) is 0 Å². The van der Waals surface area contributed by atoms with Crippen LogP contribution in [0.25, 0.3) is 0 Å². The molecule has 0 aliphatic heterocycles. The fraction of sp³-hybridized carbons (Fsp3) is 0.647. The Morgan fingerprint density at radius 3 is 2.70 bits per heavy atom. The highest BCUT2D eigenvalue weighted by molar-refractivity contribution is 14.0. The molecule has 1 heterocycles. The van der Waals surface area contributed by atoms with Gasteiger partial charge in [0.1, 0.15) is 0 Å². The second kappa shape index (κ2) is 14.7. The summed E-state index contributed by atoms with van der Waals surface area (Å²) in [5, 5.41) is 6.59. The van der Waals surface area contributed by atoms with E-state index < -0.39 is 0 Å². The Balaban J connectivity index is 0.00000484. The van der Waals surface area contributed by atoms with Crippen molar-refractivity contribution in [1.82, 2.24) is 15.6 Å². The zero-order valence-corrected chi connectivity index (χ0v) is 16.9. The first-order valence-electron chi connectivity index (χ1n) is 8.28. The Morgan fingerprint density at radius 1 is 1.22 bits per heavy atom. The maximum atomic E-state index is 5.55. The lowest BCUT2D eigenvalue weighted by atomic mass is 10.2. The van der Waals surface area contributed by atoms with E-state index in [2.05, 4.69) is 47.4 Å². The van der Waals surface area contributed by atoms with Crippen LogP contribution in [0.4, 0.5) is 0 Å². The van der Waals surface area contributed by atoms with E-state index in [-0.39, 0.29) is 24.0 Å². The van der Waals surface area contributed by atoms with Crippen LogP contribution in [0.1, 0.15) is 44.4 Å². The minimum atomic E-state index is 0. The average Bonchev–Trinajstić information content (AvgIpc) is 2.53. The largest absolute Gasteiger partial charge is 0.381 e. The van der Waals surface area contributed by atoms with Gasteiger partial charge in [-0.2, -0.15) is 0 Å². The first-order valence-corrected chi connectivity index (χ1v) is 8.28. The number of guanidine groups is 1. The molecule has 2 N–H and O–H groups in total. The fourth-order valence-corrected chi connectivity index (χ4v) is 1.91. The van der Waals surface area contributed by atoms with Crippen molar-refractivity contribution in [3.63, 3.8) is 0 Å². The fourth-order valence-electron chi connectivity index (χ4n) is 1.91. The van der Waals surface area contributed by atoms with Crippen LogP contribution in [0.3, 0.4) is 0 Å². The van der Waals surface area contributed by atoms with Gasteiger partial charge in [-0.3, -0.25) is 4.98 Å². The van der Waals surface area contributed by atoms with Crippen LogP contribution in [-0.2, 0) is 11.3 Å². The molecule has 0 radical (unpaired) electrons. The molecule has 6 heteroatoms. The van der Waals surface area contributed by atoms with Crippen molar-refractivity contribution in [2.45, 2.75) is 46.6 Å². The maximum Gasteiger partial charge on any atom is 0.191 e. The highest BCUT2D eigenvalue weighted by Crippen LogP contribution is 2.04. The third-order valence-corrected chi connectivity index (χ3v) is 3.25. The number of unbranched alkanes of at least 4 members (excludes halogenated alkanes) is 1. The Kier molecular flexibility index (Phi) is 14.1. The SMILES string of the molecule is CCCCOCCCNC(=NCc1ncccc1C)NCC.I. The van der Waals surface area contributed by atoms with Crippen molar-refractivity contribution >= 4 is 29.9 Å². The molecular formula is C17H31IN4O. The quantitative estimate of drug-likeness (QED) is 0.257. The molecule has 0 bridgehead atoms. The molecule has 0 aliphatic carbocycles. The zero-order valence-electron chi connectivity index (χ0n) is 14.6. The number of nitrogens with one attached hydrogen (secondary N) is 2. The Labute approximate surface area is 157 Å². The van der Waals surface area contributed by atoms with Crippen LogP contribution >= 0.6 is 24.0 Å². The number of aliphatic imine (C=N–C) groups is 1. The number of aromatic nitrogens is 1. The van der Waals surface area contributed by atoms with Gasteiger partial charge >= 0.3 is 0 Å². The summed E-state index contributed by atoms with van der Waals surface area (Å²) in [5.41, 5.74) is 2.19. The summed E-state index contributed by atoms with van der Waals surface area (Å²) in [7, 11) is 0. The van der Waals surface area contributed by atoms with Crippen molar-refractivity contribution in [2.24, 2.45) is 4.99 Å². The van der Waals surface area contributed by atoms with Crippen LogP contribution < -0.4 is 10.6 Å². The Morgan fingerprint density at radius 2 is 2.00 bits per heavy atom. The summed E-state index contributed by atoms with van der Waals surface area (Å²) < 4.78 is 5.55. The molecule has 0 atom stereocenters. The average molecular weight is 434 g/mol. The van der Waals surface area contributed by atoms with Gasteiger partial charge in [-0.05, 0) is 38.3 Å². The molecule has 0 saturated carbocycles. The van der Waals surface area contributed by atoms with Gasteiger partial charge in [0.25, 0.3) is 0 Å². The summed E-state index contributed by atoms with van der Waals surface area (Å²) in [6, 6.07) is 4.01. The maximum absolute atomic E-state index is 5.55. The molecule has 0 saturated heterocycles. The number of pyridine rings is 1. The van der Waals surface area contributed by atoms with Gasteiger partial charge in [0, 0.05) is 32.5 Å². The molecule has 1 aromatic heterocycles. The molecule has 1 aromatic rings. The van der Waals surface area contributed by atoms with E-state index in [9.17, 15) is 0 Å². The molecule has 0 aliphatic rings. The topological polar surface area (TPSA) is 58.5 Å². The molecule has 132 valence electrons. The van der Waals surface area contributed by atoms with E-state index in [4.69, 9.17) is 4.74 Å². The third kappa shape index (κ3) is 10.5. The third-order valence-electron chi connectivity index (χ3n) is 3.25. The van der Waals surface area contributed by atoms with E-state index >= 15 is 0 Å². The lowest BCUT2D eigenvalue weighted by molar-refractivity contribution is 0.129. The monoisotopic (exact) mass is 434 g/mol. The van der Waals surface area contributed by atoms with Crippen LogP contribution in [0.2, 0.25) is 0 Å². The number of hydrogen-bond donors (Lipinski definition) is 2. The minimum Gasteiger partial charge on any atom is -0.381 e. The standard InChI is InChI=1S/C17H30N4O.HI/c1-4-6-12-22-13-8-11-20-17(18-5-2)21-14-16-15(3)9-7-10-19-16;/h7,9-10H,4-6,8,11-14H2,1-3H3,(H2,18,20,21);1H. The molecule has 5 nitrogen and oxygen atoms in total. The molecule has 23 heavy (non-hydrogen) atoms. The summed E-state index contributed by atoms with van der Waals surface area (Å²) in [6.45, 7) is 10.3. The molecule has 0 unspecified atom stereocenters. The summed E-state index contributed by atoms with van der Waals surface area (Å²) in [5.74, 6) is 0.834. The van der Waals surface area contributed by atoms with Crippen LogP contribution in [0.5, 0.6) is 0 Å². The van der Waals surface area contributed by atoms with Gasteiger partial charge < -0.3 is 15.4 Å². The number of hydrogen-bond acceptors (Lipinski definition) is 3. The van der Waals surface area contributed by atoms with Crippen molar-refractivity contribution < 1.29 is 4.74 Å². The van der Waals surface area contributed by atoms with Gasteiger partial charge in [-0.25, -0.2) is 4.99 Å². The minimum absolute atomic E-state index is 0. The first-order chi connectivity index (χ1) is 10.8. The second-order valence-electron chi connectivity index (χ2n) is 5.21. The van der Waals surface area contributed by atoms with Crippen LogP contribution in [0.15, 0.2) is 23.3 Å². The Hall–Kier alpha value is -0.890. The van der Waals surface area contributed by atoms with Gasteiger partial charge in [-0.1, -0.05) is 19.4 Å². The van der Waals surface area contributed by atoms with E-state index in [0.29, 0.717) is 6.54 Å². The number of aryl methyl sites for hydroxylation is 1. The molecule has 0 aromatic carbocycles. The number of rotatable bonds is 10. The van der Waals surface area contributed by atoms with Crippen molar-refractivity contribution in [3.8, 4) is 0 Å². The van der Waals surface area contributed by atoms with E-state index in [1.165, 1.54) is 12.0 Å². The lowest BCUT2D eigenvalue weighted by Gasteiger charge is -2.11. The lowest BCUT2D eigenvalue weighted by Crippen LogP contribution is -2.38. The predicted octanol–water partition coefficient (Wildman–Crippen LogP) is 3.27. The Bertz CT molecular complexity index is 440. The molecular weight excluding hydrogens is 403 g/mol. The smallest absolute Gasteiger partial charge is 0.191 e. The predicted molar refractivity (Wildman–Crippen MR) is 108 cm³/mol. The zero-order chi connectivity index (χ0) is 16.0. The van der Waals surface area contributed by atoms with Crippen molar-refractivity contribution in [2.75, 3.05) is 26.3 Å². The highest BCUT2D eigenvalue weighted by Gasteiger charge is 2.00. The molecule has 0 spiro atoms. The number of ether oxygens (including phenoxy) is 1. The number of nitrogens with zero attached hydrogens (tertiary/aromatic N) is 2. The van der Waals surface area contributed by atoms with Gasteiger partial charge in [0.15, 0.2) is 5.96 Å². The van der Waals surface area contributed by atoms with Gasteiger partial charge in [-0.15, -0.1) is 24.0 Å². The number of halogens is 1. The first kappa shape index (κ1) is 22.1. The van der Waals surface area contributed by atoms with E-state index in [0.717, 1.165) is 50.8 Å². The van der Waals surface area contributed by atoms with Crippen molar-refractivity contribution in [3.05, 3.63) is 29.6 Å². The summed E-state index contributed by atoms with van der Waals surface area (Å²) in [6.07, 6.45) is 5.12. The summed E-state index contributed by atoms with van der Waals surface area (Å²) >= 11 is 0.